The Kier molecular flexibility index (Phi) is 1.39. The predicted molar refractivity (Wildman–Crippen MR) is 52.1 cm³/mol. The lowest BCUT2D eigenvalue weighted by Gasteiger charge is -2.13. The van der Waals surface area contributed by atoms with Crippen LogP contribution in [0.1, 0.15) is 0 Å². The minimum absolute atomic E-state index is 0.549. The molecule has 0 spiro atoms. The van der Waals surface area contributed by atoms with Gasteiger partial charge >= 0.3 is 0 Å². The molecule has 0 aliphatic rings. The highest BCUT2D eigenvalue weighted by molar-refractivity contribution is 5.72. The fourth-order valence-corrected chi connectivity index (χ4v) is 1.33. The van der Waals surface area contributed by atoms with Crippen LogP contribution in [-0.2, 0) is 0 Å². The van der Waals surface area contributed by atoms with Crippen LogP contribution in [0.25, 0.3) is 5.65 Å². The van der Waals surface area contributed by atoms with Gasteiger partial charge in [-0.1, -0.05) is 0 Å². The Morgan fingerprint density at radius 2 is 2.08 bits per heavy atom. The molecule has 6 nitrogen and oxygen atoms in total. The van der Waals surface area contributed by atoms with Gasteiger partial charge in [-0.05, 0) is 0 Å². The van der Waals surface area contributed by atoms with Crippen LogP contribution in [0.5, 0.6) is 0 Å². The first-order chi connectivity index (χ1) is 6.11. The SMILES string of the molecule is CN(C)n1cnn2c(N)cc(N)c12. The smallest absolute Gasteiger partial charge is 0.179 e. The van der Waals surface area contributed by atoms with Crippen molar-refractivity contribution in [3.05, 3.63) is 12.4 Å². The Hall–Kier alpha value is -1.85. The third-order valence-corrected chi connectivity index (χ3v) is 1.93. The van der Waals surface area contributed by atoms with Gasteiger partial charge in [-0.3, -0.25) is 0 Å². The van der Waals surface area contributed by atoms with E-state index in [1.807, 2.05) is 23.8 Å². The van der Waals surface area contributed by atoms with E-state index in [0.29, 0.717) is 11.5 Å². The zero-order chi connectivity index (χ0) is 9.59. The average Bonchev–Trinajstić information content (AvgIpc) is 2.55. The largest absolute Gasteiger partial charge is 0.396 e. The molecule has 0 unspecified atom stereocenters. The van der Waals surface area contributed by atoms with E-state index in [1.54, 1.807) is 16.9 Å². The van der Waals surface area contributed by atoms with E-state index in [-0.39, 0.29) is 0 Å². The second kappa shape index (κ2) is 2.32. The van der Waals surface area contributed by atoms with Crippen molar-refractivity contribution in [3.8, 4) is 0 Å². The first kappa shape index (κ1) is 7.78. The van der Waals surface area contributed by atoms with Gasteiger partial charge in [-0.15, -0.1) is 0 Å². The van der Waals surface area contributed by atoms with Crippen molar-refractivity contribution in [1.29, 1.82) is 0 Å². The summed E-state index contributed by atoms with van der Waals surface area (Å²) in [6, 6.07) is 1.70. The highest BCUT2D eigenvalue weighted by Crippen LogP contribution is 2.19. The molecule has 0 fully saturated rings. The third kappa shape index (κ3) is 0.915. The van der Waals surface area contributed by atoms with E-state index in [2.05, 4.69) is 5.10 Å². The van der Waals surface area contributed by atoms with E-state index in [0.717, 1.165) is 5.65 Å². The quantitative estimate of drug-likeness (QED) is 0.620. The molecule has 2 heterocycles. The van der Waals surface area contributed by atoms with Gasteiger partial charge in [0, 0.05) is 20.2 Å². The summed E-state index contributed by atoms with van der Waals surface area (Å²) in [4.78, 5) is 0. The summed E-state index contributed by atoms with van der Waals surface area (Å²) in [5.74, 6) is 0.549. The van der Waals surface area contributed by atoms with Crippen molar-refractivity contribution in [2.75, 3.05) is 30.6 Å². The Balaban J connectivity index is 2.79. The lowest BCUT2D eigenvalue weighted by Crippen LogP contribution is -2.23. The number of rotatable bonds is 1. The van der Waals surface area contributed by atoms with Crippen LogP contribution in [0.2, 0.25) is 0 Å². The number of nitrogens with zero attached hydrogens (tertiary/aromatic N) is 4. The number of fused-ring (bicyclic) bond motifs is 1. The first-order valence-corrected chi connectivity index (χ1v) is 3.89. The Labute approximate surface area is 75.3 Å². The zero-order valence-electron chi connectivity index (χ0n) is 7.60. The van der Waals surface area contributed by atoms with E-state index < -0.39 is 0 Å². The second-order valence-electron chi connectivity index (χ2n) is 3.08. The second-order valence-corrected chi connectivity index (χ2v) is 3.08. The Morgan fingerprint density at radius 1 is 1.38 bits per heavy atom. The number of anilines is 2. The molecule has 0 amide bonds. The summed E-state index contributed by atoms with van der Waals surface area (Å²) in [7, 11) is 3.81. The molecule has 0 bridgehead atoms. The highest BCUT2D eigenvalue weighted by Gasteiger charge is 2.10. The summed E-state index contributed by atoms with van der Waals surface area (Å²) in [6.45, 7) is 0. The van der Waals surface area contributed by atoms with E-state index in [9.17, 15) is 0 Å². The minimum Gasteiger partial charge on any atom is -0.396 e. The van der Waals surface area contributed by atoms with Crippen LogP contribution < -0.4 is 16.5 Å². The van der Waals surface area contributed by atoms with E-state index in [1.165, 1.54) is 0 Å². The third-order valence-electron chi connectivity index (χ3n) is 1.93. The molecule has 13 heavy (non-hydrogen) atoms. The van der Waals surface area contributed by atoms with Gasteiger partial charge in [-0.2, -0.15) is 9.61 Å². The maximum atomic E-state index is 5.77. The minimum atomic E-state index is 0.549. The highest BCUT2D eigenvalue weighted by atomic mass is 15.6. The molecular formula is C7H12N6. The molecular weight excluding hydrogens is 168 g/mol. The molecule has 0 radical (unpaired) electrons. The summed E-state index contributed by atoms with van der Waals surface area (Å²) >= 11 is 0. The normalized spacial score (nSPS) is 10.9. The van der Waals surface area contributed by atoms with Gasteiger partial charge in [0.05, 0.1) is 5.69 Å². The van der Waals surface area contributed by atoms with Crippen molar-refractivity contribution in [1.82, 2.24) is 14.3 Å². The van der Waals surface area contributed by atoms with Crippen LogP contribution in [0, 0.1) is 0 Å². The van der Waals surface area contributed by atoms with Crippen LogP contribution in [0.15, 0.2) is 12.4 Å². The lowest BCUT2D eigenvalue weighted by atomic mass is 10.5. The van der Waals surface area contributed by atoms with Crippen LogP contribution in [-0.4, -0.2) is 28.4 Å². The van der Waals surface area contributed by atoms with Crippen LogP contribution >= 0.6 is 0 Å². The first-order valence-electron chi connectivity index (χ1n) is 3.89. The van der Waals surface area contributed by atoms with Gasteiger partial charge in [0.1, 0.15) is 12.1 Å². The predicted octanol–water partition coefficient (Wildman–Crippen LogP) is -0.502. The van der Waals surface area contributed by atoms with Crippen LogP contribution in [0.3, 0.4) is 0 Å². The van der Waals surface area contributed by atoms with Gasteiger partial charge in [-0.25, -0.2) is 4.68 Å². The summed E-state index contributed by atoms with van der Waals surface area (Å²) in [5.41, 5.74) is 12.9. The van der Waals surface area contributed by atoms with Crippen molar-refractivity contribution in [2.45, 2.75) is 0 Å². The van der Waals surface area contributed by atoms with Crippen molar-refractivity contribution in [3.63, 3.8) is 0 Å². The van der Waals surface area contributed by atoms with Gasteiger partial charge < -0.3 is 16.5 Å². The molecule has 2 aromatic heterocycles. The monoisotopic (exact) mass is 180 g/mol. The van der Waals surface area contributed by atoms with Crippen molar-refractivity contribution < 1.29 is 0 Å². The summed E-state index contributed by atoms with van der Waals surface area (Å²) in [5, 5.41) is 5.97. The molecule has 0 saturated heterocycles. The van der Waals surface area contributed by atoms with Crippen LogP contribution in [0.4, 0.5) is 11.5 Å². The number of nitrogen functional groups attached to an aromatic ring is 2. The molecule has 0 atom stereocenters. The van der Waals surface area contributed by atoms with E-state index >= 15 is 0 Å². The molecule has 2 aromatic rings. The molecule has 0 saturated carbocycles. The number of aromatic nitrogens is 3. The Bertz CT molecular complexity index is 437. The standard InChI is InChI=1S/C7H12N6/c1-11(2)12-4-10-13-6(9)3-5(8)7(12)13/h3-4H,8-9H2,1-2H3. The topological polar surface area (TPSA) is 77.5 Å². The van der Waals surface area contributed by atoms with E-state index in [4.69, 9.17) is 11.5 Å². The summed E-state index contributed by atoms with van der Waals surface area (Å²) < 4.78 is 3.43. The molecule has 0 aliphatic carbocycles. The fourth-order valence-electron chi connectivity index (χ4n) is 1.33. The van der Waals surface area contributed by atoms with Gasteiger partial charge in [0.2, 0.25) is 0 Å². The molecule has 70 valence electrons. The molecule has 4 N–H and O–H groups in total. The lowest BCUT2D eigenvalue weighted by molar-refractivity contribution is 0.753. The molecule has 0 aliphatic heterocycles. The van der Waals surface area contributed by atoms with Crippen molar-refractivity contribution in [2.24, 2.45) is 0 Å². The number of hydrogen-bond acceptors (Lipinski definition) is 4. The molecule has 6 heteroatoms. The Morgan fingerprint density at radius 3 is 2.69 bits per heavy atom. The zero-order valence-corrected chi connectivity index (χ0v) is 7.60. The van der Waals surface area contributed by atoms with Crippen molar-refractivity contribution >= 4 is 17.2 Å². The maximum Gasteiger partial charge on any atom is 0.179 e. The number of hydrogen-bond donors (Lipinski definition) is 2. The maximum absolute atomic E-state index is 5.77. The van der Waals surface area contributed by atoms with Gasteiger partial charge in [0.15, 0.2) is 5.65 Å². The molecule has 2 rings (SSSR count). The fraction of sp³-hybridized carbons (Fsp3) is 0.286. The summed E-state index contributed by atoms with van der Waals surface area (Å²) in [6.07, 6.45) is 1.67. The number of nitrogens with two attached hydrogens (primary N) is 2. The van der Waals surface area contributed by atoms with Gasteiger partial charge in [0.25, 0.3) is 0 Å². The average molecular weight is 180 g/mol. The molecule has 0 aromatic carbocycles.